The van der Waals surface area contributed by atoms with E-state index in [1.165, 1.54) is 0 Å². The lowest BCUT2D eigenvalue weighted by Crippen LogP contribution is -2.49. The number of carbonyl (C=O) groups excluding carboxylic acids is 3. The van der Waals surface area contributed by atoms with Gasteiger partial charge in [0.25, 0.3) is 0 Å². The van der Waals surface area contributed by atoms with E-state index in [0.29, 0.717) is 13.0 Å². The average Bonchev–Trinajstić information content (AvgIpc) is 2.67. The second kappa shape index (κ2) is 9.94. The molecule has 1 fully saturated rings. The number of urea groups is 1. The molecular formula is C20H30N4O3. The molecule has 1 aromatic carbocycles. The Morgan fingerprint density at radius 2 is 1.81 bits per heavy atom. The first-order chi connectivity index (χ1) is 12.9. The van der Waals surface area contributed by atoms with E-state index in [1.807, 2.05) is 43.0 Å². The normalized spacial score (nSPS) is 16.4. The lowest BCUT2D eigenvalue weighted by atomic mass is 10.1. The highest BCUT2D eigenvalue weighted by Crippen LogP contribution is 2.21. The number of benzene rings is 1. The maximum Gasteiger partial charge on any atom is 0.315 e. The number of carbonyl (C=O) groups is 3. The Morgan fingerprint density at radius 1 is 1.11 bits per heavy atom. The third-order valence-corrected chi connectivity index (χ3v) is 4.77. The molecule has 1 aliphatic heterocycles. The molecule has 3 N–H and O–H groups in total. The van der Waals surface area contributed by atoms with E-state index in [-0.39, 0.29) is 17.9 Å². The van der Waals surface area contributed by atoms with Crippen molar-refractivity contribution >= 4 is 23.5 Å². The zero-order chi connectivity index (χ0) is 19.8. The molecule has 27 heavy (non-hydrogen) atoms. The van der Waals surface area contributed by atoms with Gasteiger partial charge in [-0.05, 0) is 50.8 Å². The van der Waals surface area contributed by atoms with Gasteiger partial charge in [-0.2, -0.15) is 0 Å². The van der Waals surface area contributed by atoms with Gasteiger partial charge in [-0.1, -0.05) is 19.1 Å². The number of hydrogen-bond acceptors (Lipinski definition) is 3. The van der Waals surface area contributed by atoms with Crippen molar-refractivity contribution in [3.63, 3.8) is 0 Å². The summed E-state index contributed by atoms with van der Waals surface area (Å²) < 4.78 is 0. The number of nitrogens with one attached hydrogen (secondary N) is 3. The van der Waals surface area contributed by atoms with Crippen LogP contribution in [0, 0.1) is 0 Å². The number of piperidine rings is 1. The zero-order valence-corrected chi connectivity index (χ0v) is 16.4. The van der Waals surface area contributed by atoms with Crippen LogP contribution in [0.1, 0.15) is 52.0 Å². The van der Waals surface area contributed by atoms with E-state index in [2.05, 4.69) is 16.0 Å². The van der Waals surface area contributed by atoms with Crippen LogP contribution in [-0.2, 0) is 16.1 Å². The minimum Gasteiger partial charge on any atom is -0.352 e. The summed E-state index contributed by atoms with van der Waals surface area (Å²) >= 11 is 0. The van der Waals surface area contributed by atoms with E-state index in [1.54, 1.807) is 6.92 Å². The number of nitrogens with zero attached hydrogens (tertiary/aromatic N) is 1. The summed E-state index contributed by atoms with van der Waals surface area (Å²) in [4.78, 5) is 37.7. The molecule has 0 spiro atoms. The summed E-state index contributed by atoms with van der Waals surface area (Å²) in [6, 6.07) is 6.69. The number of rotatable bonds is 7. The van der Waals surface area contributed by atoms with Crippen LogP contribution in [-0.4, -0.2) is 36.5 Å². The SMILES string of the molecule is CC[C@@H](C)NC(=O)[C@H](C)NC(=O)NCc1ccc(N2CCCCC2=O)cc1. The van der Waals surface area contributed by atoms with Crippen molar-refractivity contribution in [3.05, 3.63) is 29.8 Å². The van der Waals surface area contributed by atoms with E-state index in [9.17, 15) is 14.4 Å². The van der Waals surface area contributed by atoms with Gasteiger partial charge < -0.3 is 20.9 Å². The molecule has 1 aromatic rings. The highest BCUT2D eigenvalue weighted by Gasteiger charge is 2.19. The van der Waals surface area contributed by atoms with Crippen molar-refractivity contribution in [3.8, 4) is 0 Å². The first-order valence-electron chi connectivity index (χ1n) is 9.64. The Kier molecular flexibility index (Phi) is 7.64. The van der Waals surface area contributed by atoms with Gasteiger partial charge in [-0.3, -0.25) is 9.59 Å². The summed E-state index contributed by atoms with van der Waals surface area (Å²) in [6.07, 6.45) is 3.42. The molecule has 4 amide bonds. The van der Waals surface area contributed by atoms with Crippen molar-refractivity contribution in [2.75, 3.05) is 11.4 Å². The predicted molar refractivity (Wildman–Crippen MR) is 105 cm³/mol. The number of anilines is 1. The van der Waals surface area contributed by atoms with Gasteiger partial charge in [0.1, 0.15) is 6.04 Å². The molecule has 1 heterocycles. The fourth-order valence-corrected chi connectivity index (χ4v) is 2.84. The molecule has 7 heteroatoms. The van der Waals surface area contributed by atoms with E-state index < -0.39 is 12.1 Å². The first-order valence-corrected chi connectivity index (χ1v) is 9.64. The van der Waals surface area contributed by atoms with Crippen molar-refractivity contribution in [2.45, 2.75) is 65.1 Å². The van der Waals surface area contributed by atoms with Gasteiger partial charge in [-0.25, -0.2) is 4.79 Å². The summed E-state index contributed by atoms with van der Waals surface area (Å²) in [5.41, 5.74) is 1.82. The quantitative estimate of drug-likeness (QED) is 0.684. The molecule has 0 bridgehead atoms. The summed E-state index contributed by atoms with van der Waals surface area (Å²) in [5, 5.41) is 8.22. The fourth-order valence-electron chi connectivity index (χ4n) is 2.84. The molecular weight excluding hydrogens is 344 g/mol. The second-order valence-corrected chi connectivity index (χ2v) is 7.04. The minimum atomic E-state index is -0.605. The van der Waals surface area contributed by atoms with Crippen LogP contribution in [0.5, 0.6) is 0 Å². The first kappa shape index (κ1) is 20.7. The molecule has 2 rings (SSSR count). The lowest BCUT2D eigenvalue weighted by Gasteiger charge is -2.26. The highest BCUT2D eigenvalue weighted by molar-refractivity contribution is 5.94. The Labute approximate surface area is 160 Å². The van der Waals surface area contributed by atoms with Crippen LogP contribution >= 0.6 is 0 Å². The molecule has 1 aliphatic rings. The molecule has 148 valence electrons. The van der Waals surface area contributed by atoms with Gasteiger partial charge in [0.15, 0.2) is 0 Å². The van der Waals surface area contributed by atoms with Gasteiger partial charge in [-0.15, -0.1) is 0 Å². The van der Waals surface area contributed by atoms with Crippen molar-refractivity contribution in [1.82, 2.24) is 16.0 Å². The minimum absolute atomic E-state index is 0.0788. The Morgan fingerprint density at radius 3 is 2.44 bits per heavy atom. The second-order valence-electron chi connectivity index (χ2n) is 7.04. The molecule has 0 radical (unpaired) electrons. The standard InChI is InChI=1S/C20H30N4O3/c1-4-14(2)22-19(26)15(3)23-20(27)21-13-16-8-10-17(11-9-16)24-12-6-5-7-18(24)25/h8-11,14-15H,4-7,12-13H2,1-3H3,(H,22,26)(H2,21,23,27)/t14-,15+/m1/s1. The van der Waals surface area contributed by atoms with Crippen molar-refractivity contribution < 1.29 is 14.4 Å². The average molecular weight is 374 g/mol. The van der Waals surface area contributed by atoms with Crippen LogP contribution in [0.25, 0.3) is 0 Å². The largest absolute Gasteiger partial charge is 0.352 e. The third kappa shape index (κ3) is 6.27. The van der Waals surface area contributed by atoms with Crippen LogP contribution in [0.4, 0.5) is 10.5 Å². The topological polar surface area (TPSA) is 90.5 Å². The maximum absolute atomic E-state index is 12.0. The van der Waals surface area contributed by atoms with Gasteiger partial charge in [0, 0.05) is 31.2 Å². The number of amides is 4. The molecule has 1 saturated heterocycles. The van der Waals surface area contributed by atoms with Crippen LogP contribution in [0.15, 0.2) is 24.3 Å². The van der Waals surface area contributed by atoms with E-state index >= 15 is 0 Å². The summed E-state index contributed by atoms with van der Waals surface area (Å²) in [5.74, 6) is -0.0359. The van der Waals surface area contributed by atoms with E-state index in [0.717, 1.165) is 37.1 Å². The summed E-state index contributed by atoms with van der Waals surface area (Å²) in [7, 11) is 0. The predicted octanol–water partition coefficient (Wildman–Crippen LogP) is 2.31. The number of hydrogen-bond donors (Lipinski definition) is 3. The highest BCUT2D eigenvalue weighted by atomic mass is 16.2. The van der Waals surface area contributed by atoms with E-state index in [4.69, 9.17) is 0 Å². The molecule has 0 unspecified atom stereocenters. The molecule has 7 nitrogen and oxygen atoms in total. The molecule has 0 aromatic heterocycles. The van der Waals surface area contributed by atoms with Crippen LogP contribution in [0.2, 0.25) is 0 Å². The fraction of sp³-hybridized carbons (Fsp3) is 0.550. The maximum atomic E-state index is 12.0. The Balaban J connectivity index is 1.79. The molecule has 0 aliphatic carbocycles. The van der Waals surface area contributed by atoms with Crippen molar-refractivity contribution in [2.24, 2.45) is 0 Å². The smallest absolute Gasteiger partial charge is 0.315 e. The van der Waals surface area contributed by atoms with Crippen molar-refractivity contribution in [1.29, 1.82) is 0 Å². The summed E-state index contributed by atoms with van der Waals surface area (Å²) in [6.45, 7) is 6.67. The van der Waals surface area contributed by atoms with Crippen LogP contribution in [0.3, 0.4) is 0 Å². The molecule has 2 atom stereocenters. The Hall–Kier alpha value is -2.57. The monoisotopic (exact) mass is 374 g/mol. The molecule has 0 saturated carbocycles. The third-order valence-electron chi connectivity index (χ3n) is 4.77. The lowest BCUT2D eigenvalue weighted by molar-refractivity contribution is -0.123. The van der Waals surface area contributed by atoms with Crippen LogP contribution < -0.4 is 20.9 Å². The van der Waals surface area contributed by atoms with Gasteiger partial charge in [0.2, 0.25) is 11.8 Å². The van der Waals surface area contributed by atoms with Gasteiger partial charge in [0.05, 0.1) is 0 Å². The zero-order valence-electron chi connectivity index (χ0n) is 16.4. The Bertz CT molecular complexity index is 660. The van der Waals surface area contributed by atoms with Gasteiger partial charge >= 0.3 is 6.03 Å².